The van der Waals surface area contributed by atoms with Crippen molar-refractivity contribution in [1.29, 1.82) is 0 Å². The van der Waals surface area contributed by atoms with Gasteiger partial charge in [0.05, 0.1) is 0 Å². The largest absolute Gasteiger partial charge is 0.299 e. The molecule has 0 N–H and O–H groups in total. The predicted octanol–water partition coefficient (Wildman–Crippen LogP) is 1.93. The van der Waals surface area contributed by atoms with Gasteiger partial charge >= 0.3 is 0 Å². The molecule has 3 aliphatic rings. The molecular weight excluding hydrogens is 136 g/mol. The van der Waals surface area contributed by atoms with E-state index in [0.29, 0.717) is 17.6 Å². The minimum Gasteiger partial charge on any atom is -0.299 e. The van der Waals surface area contributed by atoms with Gasteiger partial charge in [-0.2, -0.15) is 0 Å². The van der Waals surface area contributed by atoms with E-state index in [0.717, 1.165) is 6.42 Å². The van der Waals surface area contributed by atoms with Gasteiger partial charge in [0.2, 0.25) is 0 Å². The molecule has 3 atom stereocenters. The average Bonchev–Trinajstić information content (AvgIpc) is 2.57. The summed E-state index contributed by atoms with van der Waals surface area (Å²) < 4.78 is 0. The van der Waals surface area contributed by atoms with Crippen molar-refractivity contribution in [3.8, 4) is 0 Å². The van der Waals surface area contributed by atoms with Crippen LogP contribution in [-0.2, 0) is 4.79 Å². The molecule has 0 amide bonds. The van der Waals surface area contributed by atoms with Crippen LogP contribution in [0.25, 0.3) is 0 Å². The van der Waals surface area contributed by atoms with E-state index in [4.69, 9.17) is 0 Å². The van der Waals surface area contributed by atoms with Crippen molar-refractivity contribution in [2.75, 3.05) is 0 Å². The first-order valence-corrected chi connectivity index (χ1v) is 4.56. The van der Waals surface area contributed by atoms with E-state index in [9.17, 15) is 4.79 Å². The van der Waals surface area contributed by atoms with E-state index in [1.54, 1.807) is 0 Å². The molecule has 0 aromatic rings. The molecule has 3 rings (SSSR count). The van der Waals surface area contributed by atoms with E-state index in [1.165, 1.54) is 19.3 Å². The zero-order valence-corrected chi connectivity index (χ0v) is 6.55. The second-order valence-corrected chi connectivity index (χ2v) is 4.14. The number of Topliss-reactive ketones (excluding diaryl/α,β-unsaturated/α-hetero) is 1. The van der Waals surface area contributed by atoms with Crippen LogP contribution in [0.1, 0.15) is 25.7 Å². The lowest BCUT2D eigenvalue weighted by Crippen LogP contribution is -2.45. The van der Waals surface area contributed by atoms with Crippen LogP contribution in [0.4, 0.5) is 0 Å². The smallest absolute Gasteiger partial charge is 0.140 e. The number of carbonyl (C=O) groups excluding carboxylic acids is 1. The number of ketones is 1. The van der Waals surface area contributed by atoms with E-state index in [2.05, 4.69) is 12.2 Å². The first-order chi connectivity index (χ1) is 5.34. The molecule has 2 fully saturated rings. The molecule has 0 aromatic carbocycles. The predicted molar refractivity (Wildman–Crippen MR) is 42.0 cm³/mol. The number of allylic oxidation sites excluding steroid dienone is 2. The van der Waals surface area contributed by atoms with Gasteiger partial charge in [0.15, 0.2) is 0 Å². The summed E-state index contributed by atoms with van der Waals surface area (Å²) in [5.41, 5.74) is 0.153. The summed E-state index contributed by atoms with van der Waals surface area (Å²) in [6.07, 6.45) is 9.14. The standard InChI is InChI=1S/C10H12O/c11-9-5-6-10(9)7-1-2-8(10)4-3-7/h1-2,7-8H,3-6H2/t7-,8+,10?. The van der Waals surface area contributed by atoms with Crippen LogP contribution in [-0.4, -0.2) is 5.78 Å². The van der Waals surface area contributed by atoms with Crippen molar-refractivity contribution < 1.29 is 4.79 Å². The molecule has 11 heavy (non-hydrogen) atoms. The lowest BCUT2D eigenvalue weighted by Gasteiger charge is -2.41. The zero-order valence-electron chi connectivity index (χ0n) is 6.55. The highest BCUT2D eigenvalue weighted by Crippen LogP contribution is 2.61. The van der Waals surface area contributed by atoms with Crippen molar-refractivity contribution in [3.63, 3.8) is 0 Å². The molecule has 1 heteroatoms. The molecule has 0 aromatic heterocycles. The summed E-state index contributed by atoms with van der Waals surface area (Å²) in [6.45, 7) is 0. The van der Waals surface area contributed by atoms with Crippen LogP contribution >= 0.6 is 0 Å². The number of rotatable bonds is 0. The van der Waals surface area contributed by atoms with Gasteiger partial charge in [0, 0.05) is 11.8 Å². The third kappa shape index (κ3) is 0.463. The lowest BCUT2D eigenvalue weighted by molar-refractivity contribution is -0.141. The Kier molecular flexibility index (Phi) is 0.869. The molecule has 0 heterocycles. The highest BCUT2D eigenvalue weighted by Gasteiger charge is 2.60. The van der Waals surface area contributed by atoms with Crippen LogP contribution in [0, 0.1) is 17.3 Å². The average molecular weight is 148 g/mol. The van der Waals surface area contributed by atoms with Crippen LogP contribution in [0.3, 0.4) is 0 Å². The summed E-state index contributed by atoms with van der Waals surface area (Å²) >= 11 is 0. The maximum Gasteiger partial charge on any atom is 0.140 e. The molecule has 58 valence electrons. The first-order valence-electron chi connectivity index (χ1n) is 4.56. The van der Waals surface area contributed by atoms with Crippen LogP contribution in [0.15, 0.2) is 12.2 Å². The van der Waals surface area contributed by atoms with Gasteiger partial charge in [-0.05, 0) is 31.1 Å². The molecule has 0 radical (unpaired) electrons. The van der Waals surface area contributed by atoms with Crippen molar-refractivity contribution in [3.05, 3.63) is 12.2 Å². The monoisotopic (exact) mass is 148 g/mol. The topological polar surface area (TPSA) is 17.1 Å². The van der Waals surface area contributed by atoms with Gasteiger partial charge in [0.1, 0.15) is 5.78 Å². The molecule has 0 aliphatic heterocycles. The van der Waals surface area contributed by atoms with E-state index < -0.39 is 0 Å². The van der Waals surface area contributed by atoms with Crippen molar-refractivity contribution >= 4 is 5.78 Å². The summed E-state index contributed by atoms with van der Waals surface area (Å²) in [5.74, 6) is 1.82. The van der Waals surface area contributed by atoms with E-state index in [-0.39, 0.29) is 5.41 Å². The molecule has 2 saturated carbocycles. The lowest BCUT2D eigenvalue weighted by atomic mass is 9.60. The summed E-state index contributed by atoms with van der Waals surface area (Å²) in [7, 11) is 0. The Bertz CT molecular complexity index is 238. The maximum atomic E-state index is 11.5. The Balaban J connectivity index is 2.07. The van der Waals surface area contributed by atoms with Gasteiger partial charge < -0.3 is 0 Å². The number of hydrogen-bond acceptors (Lipinski definition) is 1. The van der Waals surface area contributed by atoms with Crippen molar-refractivity contribution in [2.24, 2.45) is 17.3 Å². The summed E-state index contributed by atoms with van der Waals surface area (Å²) in [5, 5.41) is 0. The third-order valence-corrected chi connectivity index (χ3v) is 3.97. The first kappa shape index (κ1) is 5.99. The highest BCUT2D eigenvalue weighted by atomic mass is 16.1. The number of hydrogen-bond donors (Lipinski definition) is 0. The third-order valence-electron chi connectivity index (χ3n) is 3.97. The molecule has 3 aliphatic carbocycles. The Labute approximate surface area is 66.5 Å². The molecule has 1 nitrogen and oxygen atoms in total. The van der Waals surface area contributed by atoms with Gasteiger partial charge in [-0.25, -0.2) is 0 Å². The highest BCUT2D eigenvalue weighted by molar-refractivity contribution is 5.92. The van der Waals surface area contributed by atoms with Gasteiger partial charge in [0.25, 0.3) is 0 Å². The molecule has 1 unspecified atom stereocenters. The Morgan fingerprint density at radius 1 is 1.27 bits per heavy atom. The van der Waals surface area contributed by atoms with E-state index >= 15 is 0 Å². The van der Waals surface area contributed by atoms with Crippen LogP contribution < -0.4 is 0 Å². The van der Waals surface area contributed by atoms with Gasteiger partial charge in [-0.15, -0.1) is 0 Å². The van der Waals surface area contributed by atoms with Crippen molar-refractivity contribution in [1.82, 2.24) is 0 Å². The Morgan fingerprint density at radius 3 is 2.09 bits per heavy atom. The maximum absolute atomic E-state index is 11.5. The SMILES string of the molecule is O=C1CCC12[C@@H]1C=C[C@H]2CC1. The second-order valence-electron chi connectivity index (χ2n) is 4.14. The fourth-order valence-corrected chi connectivity index (χ4v) is 3.25. The fourth-order valence-electron chi connectivity index (χ4n) is 3.25. The number of carbonyl (C=O) groups is 1. The Morgan fingerprint density at radius 2 is 1.91 bits per heavy atom. The van der Waals surface area contributed by atoms with Crippen molar-refractivity contribution in [2.45, 2.75) is 25.7 Å². The molecule has 2 bridgehead atoms. The molecular formula is C10H12O. The van der Waals surface area contributed by atoms with Crippen LogP contribution in [0.5, 0.6) is 0 Å². The molecule has 1 spiro atoms. The minimum atomic E-state index is 0.153. The van der Waals surface area contributed by atoms with Crippen LogP contribution in [0.2, 0.25) is 0 Å². The summed E-state index contributed by atoms with van der Waals surface area (Å²) in [4.78, 5) is 11.5. The fraction of sp³-hybridized carbons (Fsp3) is 0.700. The van der Waals surface area contributed by atoms with Gasteiger partial charge in [-0.3, -0.25) is 4.79 Å². The summed E-state index contributed by atoms with van der Waals surface area (Å²) in [6, 6.07) is 0. The van der Waals surface area contributed by atoms with Gasteiger partial charge in [-0.1, -0.05) is 12.2 Å². The normalized spacial score (nSPS) is 52.2. The molecule has 0 saturated heterocycles. The quantitative estimate of drug-likeness (QED) is 0.480. The Hall–Kier alpha value is -0.590. The second kappa shape index (κ2) is 1.60. The van der Waals surface area contributed by atoms with E-state index in [1.807, 2.05) is 0 Å². The minimum absolute atomic E-state index is 0.153. The zero-order chi connectivity index (χ0) is 7.47.